The van der Waals surface area contributed by atoms with Crippen LogP contribution in [-0.2, 0) is 9.05 Å². The van der Waals surface area contributed by atoms with Crippen LogP contribution in [0.5, 0.6) is 0 Å². The van der Waals surface area contributed by atoms with Crippen LogP contribution in [0.3, 0.4) is 0 Å². The largest absolute Gasteiger partial charge is 0.339 e. The van der Waals surface area contributed by atoms with Crippen molar-refractivity contribution in [3.63, 3.8) is 0 Å². The molecule has 0 atom stereocenters. The van der Waals surface area contributed by atoms with Gasteiger partial charge in [0.1, 0.15) is 0 Å². The summed E-state index contributed by atoms with van der Waals surface area (Å²) in [5.41, 5.74) is 0.0504. The lowest BCUT2D eigenvalue weighted by molar-refractivity contribution is 0.0719. The lowest BCUT2D eigenvalue weighted by Gasteiger charge is -2.26. The van der Waals surface area contributed by atoms with E-state index in [1.807, 2.05) is 0 Å². The van der Waals surface area contributed by atoms with Gasteiger partial charge in [0.05, 0.1) is 5.56 Å². The molecule has 2 heterocycles. The molecule has 0 saturated carbocycles. The second-order valence-corrected chi connectivity index (χ2v) is 6.63. The Morgan fingerprint density at radius 1 is 1.28 bits per heavy atom. The second-order valence-electron chi connectivity index (χ2n) is 4.15. The minimum Gasteiger partial charge on any atom is -0.339 e. The fourth-order valence-electron chi connectivity index (χ4n) is 2.02. The van der Waals surface area contributed by atoms with E-state index >= 15 is 0 Å². The molecule has 0 N–H and O–H groups in total. The molecule has 1 aromatic rings. The molecule has 0 radical (unpaired) electrons. The zero-order valence-electron chi connectivity index (χ0n) is 9.67. The van der Waals surface area contributed by atoms with E-state index in [2.05, 4.69) is 4.98 Å². The van der Waals surface area contributed by atoms with Crippen LogP contribution in [0, 0.1) is 0 Å². The number of halogens is 1. The fraction of sp³-hybridized carbons (Fsp3) is 0.455. The Hall–Kier alpha value is -1.14. The molecule has 0 aromatic carbocycles. The fourth-order valence-corrected chi connectivity index (χ4v) is 2.99. The van der Waals surface area contributed by atoms with Gasteiger partial charge in [0.25, 0.3) is 15.0 Å². The molecule has 98 valence electrons. The molecule has 0 aliphatic carbocycles. The summed E-state index contributed by atoms with van der Waals surface area (Å²) in [6.07, 6.45) is 4.28. The highest BCUT2D eigenvalue weighted by molar-refractivity contribution is 8.13. The van der Waals surface area contributed by atoms with Crippen LogP contribution in [-0.4, -0.2) is 37.3 Å². The van der Waals surface area contributed by atoms with E-state index in [0.717, 1.165) is 19.3 Å². The van der Waals surface area contributed by atoms with Gasteiger partial charge in [0, 0.05) is 30.0 Å². The summed E-state index contributed by atoms with van der Waals surface area (Å²) >= 11 is 0. The van der Waals surface area contributed by atoms with Crippen molar-refractivity contribution in [1.82, 2.24) is 9.88 Å². The predicted octanol–water partition coefficient (Wildman–Crippen LogP) is 1.64. The normalized spacial score (nSPS) is 16.6. The highest BCUT2D eigenvalue weighted by Crippen LogP contribution is 2.20. The first-order valence-corrected chi connectivity index (χ1v) is 8.00. The molecule has 1 saturated heterocycles. The quantitative estimate of drug-likeness (QED) is 0.776. The molecule has 2 rings (SSSR count). The Morgan fingerprint density at radius 2 is 1.94 bits per heavy atom. The molecule has 1 fully saturated rings. The van der Waals surface area contributed by atoms with E-state index in [1.54, 1.807) is 4.90 Å². The molecule has 1 amide bonds. The van der Waals surface area contributed by atoms with Crippen molar-refractivity contribution in [2.75, 3.05) is 13.1 Å². The van der Waals surface area contributed by atoms with Crippen molar-refractivity contribution in [1.29, 1.82) is 0 Å². The van der Waals surface area contributed by atoms with Gasteiger partial charge in [-0.3, -0.25) is 4.79 Å². The SMILES string of the molecule is O=C(c1cccnc1S(=O)(=O)Cl)N1CCCCC1. The maximum absolute atomic E-state index is 12.2. The Balaban J connectivity index is 2.36. The Morgan fingerprint density at radius 3 is 2.56 bits per heavy atom. The van der Waals surface area contributed by atoms with Gasteiger partial charge in [-0.1, -0.05) is 0 Å². The van der Waals surface area contributed by atoms with Gasteiger partial charge >= 0.3 is 0 Å². The van der Waals surface area contributed by atoms with E-state index in [0.29, 0.717) is 13.1 Å². The van der Waals surface area contributed by atoms with Crippen LogP contribution in [0.25, 0.3) is 0 Å². The van der Waals surface area contributed by atoms with E-state index in [1.165, 1.54) is 18.3 Å². The smallest absolute Gasteiger partial charge is 0.279 e. The van der Waals surface area contributed by atoms with Crippen molar-refractivity contribution in [3.8, 4) is 0 Å². The number of carbonyl (C=O) groups excluding carboxylic acids is 1. The maximum Gasteiger partial charge on any atom is 0.279 e. The minimum absolute atomic E-state index is 0.0504. The number of hydrogen-bond donors (Lipinski definition) is 0. The highest BCUT2D eigenvalue weighted by Gasteiger charge is 2.26. The van der Waals surface area contributed by atoms with Crippen LogP contribution >= 0.6 is 10.7 Å². The van der Waals surface area contributed by atoms with Crippen LogP contribution < -0.4 is 0 Å². The van der Waals surface area contributed by atoms with Crippen molar-refractivity contribution in [2.24, 2.45) is 0 Å². The first-order valence-electron chi connectivity index (χ1n) is 5.69. The number of carbonyl (C=O) groups is 1. The van der Waals surface area contributed by atoms with Gasteiger partial charge in [-0.2, -0.15) is 0 Å². The number of piperidine rings is 1. The van der Waals surface area contributed by atoms with Crippen molar-refractivity contribution in [2.45, 2.75) is 24.3 Å². The lowest BCUT2D eigenvalue weighted by atomic mass is 10.1. The van der Waals surface area contributed by atoms with Crippen molar-refractivity contribution < 1.29 is 13.2 Å². The van der Waals surface area contributed by atoms with E-state index in [-0.39, 0.29) is 16.5 Å². The first-order chi connectivity index (χ1) is 8.50. The number of rotatable bonds is 2. The molecule has 0 bridgehead atoms. The number of likely N-dealkylation sites (tertiary alicyclic amines) is 1. The molecule has 7 heteroatoms. The van der Waals surface area contributed by atoms with E-state index in [9.17, 15) is 13.2 Å². The first kappa shape index (κ1) is 13.3. The summed E-state index contributed by atoms with van der Waals surface area (Å²) in [6.45, 7) is 1.30. The Bertz CT molecular complexity index is 553. The van der Waals surface area contributed by atoms with Gasteiger partial charge in [-0.25, -0.2) is 13.4 Å². The van der Waals surface area contributed by atoms with E-state index < -0.39 is 9.05 Å². The van der Waals surface area contributed by atoms with Crippen LogP contribution in [0.15, 0.2) is 23.4 Å². The predicted molar refractivity (Wildman–Crippen MR) is 67.0 cm³/mol. The Kier molecular flexibility index (Phi) is 3.87. The average molecular weight is 289 g/mol. The van der Waals surface area contributed by atoms with Gasteiger partial charge in [0.2, 0.25) is 0 Å². The zero-order chi connectivity index (χ0) is 13.2. The number of pyridine rings is 1. The number of aromatic nitrogens is 1. The molecular formula is C11H13ClN2O3S. The summed E-state index contributed by atoms with van der Waals surface area (Å²) in [5.74, 6) is -0.318. The molecule has 1 aromatic heterocycles. The summed E-state index contributed by atoms with van der Waals surface area (Å²) < 4.78 is 22.7. The summed E-state index contributed by atoms with van der Waals surface area (Å²) in [5, 5.41) is -0.359. The Labute approximate surface area is 110 Å². The molecule has 1 aliphatic heterocycles. The molecule has 18 heavy (non-hydrogen) atoms. The highest BCUT2D eigenvalue weighted by atomic mass is 35.7. The standard InChI is InChI=1S/C11H13ClN2O3S/c12-18(16,17)10-9(5-4-6-13-10)11(15)14-7-2-1-3-8-14/h4-6H,1-3,7-8H2. The molecule has 0 unspecified atom stereocenters. The second kappa shape index (κ2) is 5.24. The van der Waals surface area contributed by atoms with Crippen LogP contribution in [0.2, 0.25) is 0 Å². The molecule has 0 spiro atoms. The minimum atomic E-state index is -4.00. The number of nitrogens with zero attached hydrogens (tertiary/aromatic N) is 2. The molecule has 1 aliphatic rings. The number of hydrogen-bond acceptors (Lipinski definition) is 4. The van der Waals surface area contributed by atoms with Gasteiger partial charge < -0.3 is 4.90 Å². The summed E-state index contributed by atoms with van der Waals surface area (Å²) in [7, 11) is 1.28. The third kappa shape index (κ3) is 2.81. The average Bonchev–Trinajstić information content (AvgIpc) is 2.38. The van der Waals surface area contributed by atoms with Crippen LogP contribution in [0.1, 0.15) is 29.6 Å². The topological polar surface area (TPSA) is 67.3 Å². The molecule has 5 nitrogen and oxygen atoms in total. The van der Waals surface area contributed by atoms with Gasteiger partial charge in [-0.05, 0) is 31.4 Å². The summed E-state index contributed by atoms with van der Waals surface area (Å²) in [4.78, 5) is 17.6. The lowest BCUT2D eigenvalue weighted by Crippen LogP contribution is -2.36. The monoisotopic (exact) mass is 288 g/mol. The van der Waals surface area contributed by atoms with Crippen LogP contribution in [0.4, 0.5) is 0 Å². The maximum atomic E-state index is 12.2. The van der Waals surface area contributed by atoms with Crippen molar-refractivity contribution >= 4 is 25.6 Å². The third-order valence-corrected chi connectivity index (χ3v) is 4.10. The zero-order valence-corrected chi connectivity index (χ0v) is 11.2. The van der Waals surface area contributed by atoms with Gasteiger partial charge in [-0.15, -0.1) is 0 Å². The number of amides is 1. The molecular weight excluding hydrogens is 276 g/mol. The van der Waals surface area contributed by atoms with E-state index in [4.69, 9.17) is 10.7 Å². The van der Waals surface area contributed by atoms with Gasteiger partial charge in [0.15, 0.2) is 5.03 Å². The summed E-state index contributed by atoms with van der Waals surface area (Å²) in [6, 6.07) is 2.97. The van der Waals surface area contributed by atoms with Crippen molar-refractivity contribution in [3.05, 3.63) is 23.9 Å². The third-order valence-electron chi connectivity index (χ3n) is 2.88.